The van der Waals surface area contributed by atoms with Gasteiger partial charge in [-0.05, 0) is 11.1 Å². The van der Waals surface area contributed by atoms with Crippen molar-refractivity contribution < 1.29 is 23.0 Å². The molecule has 1 aromatic rings. The van der Waals surface area contributed by atoms with Crippen molar-refractivity contribution in [1.82, 2.24) is 4.90 Å². The van der Waals surface area contributed by atoms with Gasteiger partial charge in [0.15, 0.2) is 0 Å². The van der Waals surface area contributed by atoms with Gasteiger partial charge in [-0.15, -0.1) is 0 Å². The number of nitrogens with zero attached hydrogens (tertiary/aromatic N) is 1. The molecule has 0 amide bonds. The van der Waals surface area contributed by atoms with E-state index in [0.717, 1.165) is 6.54 Å². The molecule has 1 N–H and O–H groups in total. The summed E-state index contributed by atoms with van der Waals surface area (Å²) in [5.74, 6) is 0. The third-order valence-electron chi connectivity index (χ3n) is 3.80. The highest BCUT2D eigenvalue weighted by Crippen LogP contribution is 2.33. The SMILES string of the molecule is CC1(C)CN(CC(O)COCC(F)(F)F)Cc2ccccc21. The third-order valence-corrected chi connectivity index (χ3v) is 3.80. The Labute approximate surface area is 128 Å². The highest BCUT2D eigenvalue weighted by molar-refractivity contribution is 5.35. The average Bonchev–Trinajstić information content (AvgIpc) is 2.36. The quantitative estimate of drug-likeness (QED) is 0.906. The van der Waals surface area contributed by atoms with Crippen LogP contribution in [0.15, 0.2) is 24.3 Å². The maximum absolute atomic E-state index is 12.0. The fourth-order valence-electron chi connectivity index (χ4n) is 3.05. The normalized spacial score (nSPS) is 19.7. The molecule has 0 spiro atoms. The number of benzene rings is 1. The maximum atomic E-state index is 12.0. The lowest BCUT2D eigenvalue weighted by atomic mass is 9.78. The van der Waals surface area contributed by atoms with Gasteiger partial charge in [0, 0.05) is 25.0 Å². The van der Waals surface area contributed by atoms with Crippen LogP contribution in [0.4, 0.5) is 13.2 Å². The van der Waals surface area contributed by atoms with Gasteiger partial charge in [-0.1, -0.05) is 38.1 Å². The number of alkyl halides is 3. The summed E-state index contributed by atoms with van der Waals surface area (Å²) in [5.41, 5.74) is 2.43. The lowest BCUT2D eigenvalue weighted by Crippen LogP contribution is -2.45. The lowest BCUT2D eigenvalue weighted by molar-refractivity contribution is -0.179. The predicted molar refractivity (Wildman–Crippen MR) is 77.6 cm³/mol. The number of hydrogen-bond donors (Lipinski definition) is 1. The molecule has 2 rings (SSSR count). The maximum Gasteiger partial charge on any atom is 0.411 e. The van der Waals surface area contributed by atoms with E-state index >= 15 is 0 Å². The Balaban J connectivity index is 1.90. The third kappa shape index (κ3) is 4.69. The predicted octanol–water partition coefficient (Wildman–Crippen LogP) is 2.72. The van der Waals surface area contributed by atoms with Crippen LogP contribution in [0.25, 0.3) is 0 Å². The molecule has 124 valence electrons. The van der Waals surface area contributed by atoms with E-state index in [0.29, 0.717) is 13.1 Å². The number of aliphatic hydroxyl groups excluding tert-OH is 1. The van der Waals surface area contributed by atoms with Crippen molar-refractivity contribution in [3.63, 3.8) is 0 Å². The molecule has 22 heavy (non-hydrogen) atoms. The van der Waals surface area contributed by atoms with Crippen LogP contribution in [0.5, 0.6) is 0 Å². The van der Waals surface area contributed by atoms with Gasteiger partial charge in [0.25, 0.3) is 0 Å². The Bertz CT molecular complexity index is 502. The summed E-state index contributed by atoms with van der Waals surface area (Å²) in [6, 6.07) is 8.14. The number of ether oxygens (including phenoxy) is 1. The zero-order valence-electron chi connectivity index (χ0n) is 12.9. The highest BCUT2D eigenvalue weighted by Gasteiger charge is 2.32. The molecule has 1 aromatic carbocycles. The van der Waals surface area contributed by atoms with Gasteiger partial charge in [0.05, 0.1) is 12.7 Å². The second-order valence-corrected chi connectivity index (χ2v) is 6.49. The van der Waals surface area contributed by atoms with Gasteiger partial charge in [-0.25, -0.2) is 0 Å². The molecule has 1 aliphatic heterocycles. The molecular formula is C16H22F3NO2. The number of rotatable bonds is 5. The average molecular weight is 317 g/mol. The summed E-state index contributed by atoms with van der Waals surface area (Å²) >= 11 is 0. The first-order valence-corrected chi connectivity index (χ1v) is 7.31. The van der Waals surface area contributed by atoms with E-state index in [2.05, 4.69) is 35.6 Å². The van der Waals surface area contributed by atoms with E-state index < -0.39 is 18.9 Å². The Hall–Kier alpha value is -1.11. The number of aliphatic hydroxyl groups is 1. The summed E-state index contributed by atoms with van der Waals surface area (Å²) in [7, 11) is 0. The molecule has 0 bridgehead atoms. The van der Waals surface area contributed by atoms with E-state index in [1.165, 1.54) is 11.1 Å². The van der Waals surface area contributed by atoms with Gasteiger partial charge in [0.1, 0.15) is 6.61 Å². The fraction of sp³-hybridized carbons (Fsp3) is 0.625. The minimum atomic E-state index is -4.36. The van der Waals surface area contributed by atoms with Crippen LogP contribution in [0, 0.1) is 0 Å². The molecule has 0 saturated heterocycles. The largest absolute Gasteiger partial charge is 0.411 e. The van der Waals surface area contributed by atoms with E-state index in [4.69, 9.17) is 0 Å². The van der Waals surface area contributed by atoms with Crippen molar-refractivity contribution in [2.24, 2.45) is 0 Å². The Morgan fingerprint density at radius 1 is 1.32 bits per heavy atom. The van der Waals surface area contributed by atoms with E-state index in [1.807, 2.05) is 12.1 Å². The van der Waals surface area contributed by atoms with Crippen LogP contribution in [-0.2, 0) is 16.7 Å². The second-order valence-electron chi connectivity index (χ2n) is 6.49. The molecule has 0 aliphatic carbocycles. The Kier molecular flexibility index (Phi) is 5.14. The zero-order chi connectivity index (χ0) is 16.4. The molecule has 0 saturated carbocycles. The first-order chi connectivity index (χ1) is 10.2. The molecule has 1 unspecified atom stereocenters. The summed E-state index contributed by atoms with van der Waals surface area (Å²) < 4.78 is 40.6. The van der Waals surface area contributed by atoms with Crippen LogP contribution in [0.2, 0.25) is 0 Å². The zero-order valence-corrected chi connectivity index (χ0v) is 12.9. The van der Waals surface area contributed by atoms with Crippen LogP contribution >= 0.6 is 0 Å². The van der Waals surface area contributed by atoms with E-state index in [1.54, 1.807) is 0 Å². The number of fused-ring (bicyclic) bond motifs is 1. The summed E-state index contributed by atoms with van der Waals surface area (Å²) in [5, 5.41) is 9.88. The van der Waals surface area contributed by atoms with Crippen LogP contribution in [0.1, 0.15) is 25.0 Å². The van der Waals surface area contributed by atoms with E-state index in [9.17, 15) is 18.3 Å². The van der Waals surface area contributed by atoms with Crippen LogP contribution in [0.3, 0.4) is 0 Å². The molecule has 1 atom stereocenters. The van der Waals surface area contributed by atoms with E-state index in [-0.39, 0.29) is 12.0 Å². The summed E-state index contributed by atoms with van der Waals surface area (Å²) in [6.07, 6.45) is -5.28. The smallest absolute Gasteiger partial charge is 0.389 e. The van der Waals surface area contributed by atoms with Crippen molar-refractivity contribution in [1.29, 1.82) is 0 Å². The Morgan fingerprint density at radius 2 is 2.00 bits per heavy atom. The van der Waals surface area contributed by atoms with Crippen molar-refractivity contribution in [3.05, 3.63) is 35.4 Å². The van der Waals surface area contributed by atoms with Crippen molar-refractivity contribution in [3.8, 4) is 0 Å². The first kappa shape index (κ1) is 17.2. The minimum Gasteiger partial charge on any atom is -0.389 e. The van der Waals surface area contributed by atoms with Gasteiger partial charge in [-0.2, -0.15) is 13.2 Å². The van der Waals surface area contributed by atoms with Gasteiger partial charge in [0.2, 0.25) is 0 Å². The van der Waals surface area contributed by atoms with Gasteiger partial charge < -0.3 is 9.84 Å². The molecule has 1 heterocycles. The fourth-order valence-corrected chi connectivity index (χ4v) is 3.05. The van der Waals surface area contributed by atoms with Gasteiger partial charge in [-0.3, -0.25) is 4.90 Å². The highest BCUT2D eigenvalue weighted by atomic mass is 19.4. The second kappa shape index (κ2) is 6.56. The van der Waals surface area contributed by atoms with Crippen molar-refractivity contribution in [2.45, 2.75) is 38.1 Å². The number of β-amino-alcohol motifs (C(OH)–C–C–N with tert-alkyl or cyclic N) is 1. The summed E-state index contributed by atoms with van der Waals surface area (Å²) in [4.78, 5) is 2.06. The number of hydrogen-bond acceptors (Lipinski definition) is 3. The standard InChI is InChI=1S/C16H22F3NO2/c1-15(2)10-20(7-12-5-3-4-6-14(12)15)8-13(21)9-22-11-16(17,18)19/h3-6,13,21H,7-11H2,1-2H3. The molecule has 1 aliphatic rings. The molecule has 0 aromatic heterocycles. The number of halogens is 3. The summed E-state index contributed by atoms with van der Waals surface area (Å²) in [6.45, 7) is 4.37. The van der Waals surface area contributed by atoms with Crippen molar-refractivity contribution in [2.75, 3.05) is 26.3 Å². The first-order valence-electron chi connectivity index (χ1n) is 7.31. The van der Waals surface area contributed by atoms with Crippen molar-refractivity contribution >= 4 is 0 Å². The van der Waals surface area contributed by atoms with Gasteiger partial charge >= 0.3 is 6.18 Å². The minimum absolute atomic E-state index is 0.0542. The molecule has 0 fully saturated rings. The molecule has 3 nitrogen and oxygen atoms in total. The van der Waals surface area contributed by atoms with Crippen LogP contribution in [-0.4, -0.2) is 48.6 Å². The van der Waals surface area contributed by atoms with Crippen LogP contribution < -0.4 is 0 Å². The molecular weight excluding hydrogens is 295 g/mol. The molecule has 6 heteroatoms. The topological polar surface area (TPSA) is 32.7 Å². The Morgan fingerprint density at radius 3 is 2.68 bits per heavy atom. The molecule has 0 radical (unpaired) electrons. The monoisotopic (exact) mass is 317 g/mol. The lowest BCUT2D eigenvalue weighted by Gasteiger charge is -2.40.